The molecule has 1 N–H and O–H groups in total. The molecule has 0 bridgehead atoms. The van der Waals surface area contributed by atoms with Crippen LogP contribution in [0.1, 0.15) is 34.9 Å². The highest BCUT2D eigenvalue weighted by Crippen LogP contribution is 2.36. The van der Waals surface area contributed by atoms with E-state index >= 15 is 0 Å². The maximum atomic E-state index is 13.4. The summed E-state index contributed by atoms with van der Waals surface area (Å²) in [6.07, 6.45) is 1.65. The van der Waals surface area contributed by atoms with Crippen LogP contribution in [-0.4, -0.2) is 34.6 Å². The molecule has 1 saturated heterocycles. The Labute approximate surface area is 162 Å². The third-order valence-electron chi connectivity index (χ3n) is 5.81. The van der Waals surface area contributed by atoms with Crippen LogP contribution in [0.25, 0.3) is 21.3 Å². The number of likely N-dealkylation sites (tertiary alicyclic amines) is 1. The Balaban J connectivity index is 1.95. The number of aromatic nitrogens is 2. The van der Waals surface area contributed by atoms with Crippen molar-refractivity contribution in [1.29, 1.82) is 0 Å². The number of hydrogen-bond acceptors (Lipinski definition) is 4. The number of nitrogens with one attached hydrogen (secondary N) is 1. The molecule has 1 aliphatic rings. The lowest BCUT2D eigenvalue weighted by atomic mass is 9.99. The van der Waals surface area contributed by atoms with Gasteiger partial charge in [0, 0.05) is 16.5 Å². The number of nitrogens with zero attached hydrogens (tertiary/aromatic N) is 2. The summed E-state index contributed by atoms with van der Waals surface area (Å²) in [5.41, 5.74) is 4.00. The quantitative estimate of drug-likeness (QED) is 0.735. The van der Waals surface area contributed by atoms with Gasteiger partial charge in [0.15, 0.2) is 0 Å². The van der Waals surface area contributed by atoms with Crippen molar-refractivity contribution in [2.24, 2.45) is 0 Å². The van der Waals surface area contributed by atoms with E-state index in [1.165, 1.54) is 27.0 Å². The van der Waals surface area contributed by atoms with Crippen molar-refractivity contribution in [3.8, 4) is 11.1 Å². The number of thiophene rings is 1. The fourth-order valence-corrected chi connectivity index (χ4v) is 5.09. The van der Waals surface area contributed by atoms with Gasteiger partial charge in [-0.15, -0.1) is 11.3 Å². The van der Waals surface area contributed by atoms with Crippen molar-refractivity contribution in [2.45, 2.75) is 39.7 Å². The maximum absolute atomic E-state index is 13.4. The van der Waals surface area contributed by atoms with E-state index in [0.29, 0.717) is 10.2 Å². The molecule has 0 radical (unpaired) electrons. The van der Waals surface area contributed by atoms with E-state index in [-0.39, 0.29) is 17.3 Å². The number of benzene rings is 1. The average molecular weight is 384 g/mol. The van der Waals surface area contributed by atoms with Crippen molar-refractivity contribution in [2.75, 3.05) is 20.1 Å². The van der Waals surface area contributed by atoms with Crippen LogP contribution in [0.2, 0.25) is 0 Å². The van der Waals surface area contributed by atoms with Gasteiger partial charge in [-0.1, -0.05) is 18.2 Å². The zero-order valence-electron chi connectivity index (χ0n) is 16.3. The summed E-state index contributed by atoms with van der Waals surface area (Å²) in [6, 6.07) is 6.26. The molecule has 0 atom stereocenters. The summed E-state index contributed by atoms with van der Waals surface area (Å²) in [4.78, 5) is 33.1. The van der Waals surface area contributed by atoms with E-state index in [2.05, 4.69) is 49.0 Å². The van der Waals surface area contributed by atoms with E-state index in [0.717, 1.165) is 41.9 Å². The molecule has 0 unspecified atom stereocenters. The average Bonchev–Trinajstić information content (AvgIpc) is 2.95. The van der Waals surface area contributed by atoms with Gasteiger partial charge in [-0.2, -0.15) is 0 Å². The Hall–Kier alpha value is -2.18. The number of rotatable bonds is 2. The molecule has 5 nitrogen and oxygen atoms in total. The molecule has 0 saturated carbocycles. The Morgan fingerprint density at radius 3 is 2.44 bits per heavy atom. The molecule has 3 aromatic rings. The second-order valence-electron chi connectivity index (χ2n) is 7.68. The first kappa shape index (κ1) is 18.2. The van der Waals surface area contributed by atoms with Crippen LogP contribution in [0.3, 0.4) is 0 Å². The lowest BCUT2D eigenvalue weighted by Crippen LogP contribution is -2.42. The number of piperidine rings is 1. The highest BCUT2D eigenvalue weighted by molar-refractivity contribution is 7.19. The first-order valence-corrected chi connectivity index (χ1v) is 10.2. The van der Waals surface area contributed by atoms with E-state index in [1.807, 2.05) is 6.92 Å². The smallest absolute Gasteiger partial charge is 0.306 e. The second-order valence-corrected chi connectivity index (χ2v) is 8.90. The summed E-state index contributed by atoms with van der Waals surface area (Å²) in [5.74, 6) is 0. The molecule has 1 aliphatic heterocycles. The number of fused-ring (bicyclic) bond motifs is 1. The highest BCUT2D eigenvalue weighted by Gasteiger charge is 2.24. The van der Waals surface area contributed by atoms with E-state index < -0.39 is 0 Å². The molecule has 0 spiro atoms. The molecular formula is C21H25N3O2S. The van der Waals surface area contributed by atoms with Crippen molar-refractivity contribution in [3.05, 3.63) is 55.0 Å². The van der Waals surface area contributed by atoms with Gasteiger partial charge in [-0.25, -0.2) is 4.79 Å². The predicted molar refractivity (Wildman–Crippen MR) is 112 cm³/mol. The minimum absolute atomic E-state index is 0.0327. The molecule has 142 valence electrons. The molecule has 0 aliphatic carbocycles. The van der Waals surface area contributed by atoms with Gasteiger partial charge in [0.2, 0.25) is 0 Å². The van der Waals surface area contributed by atoms with Gasteiger partial charge in [0.05, 0.1) is 5.39 Å². The van der Waals surface area contributed by atoms with Crippen LogP contribution in [-0.2, 0) is 0 Å². The Morgan fingerprint density at radius 2 is 1.78 bits per heavy atom. The summed E-state index contributed by atoms with van der Waals surface area (Å²) in [6.45, 7) is 8.00. The summed E-state index contributed by atoms with van der Waals surface area (Å²) in [7, 11) is 2.08. The van der Waals surface area contributed by atoms with Gasteiger partial charge in [-0.3, -0.25) is 14.3 Å². The van der Waals surface area contributed by atoms with Gasteiger partial charge in [-0.05, 0) is 70.4 Å². The topological polar surface area (TPSA) is 58.1 Å². The van der Waals surface area contributed by atoms with Crippen LogP contribution < -0.4 is 11.2 Å². The Morgan fingerprint density at radius 1 is 1.07 bits per heavy atom. The number of aromatic amines is 1. The molecule has 3 heterocycles. The summed E-state index contributed by atoms with van der Waals surface area (Å²) < 4.78 is 1.46. The minimum atomic E-state index is -0.282. The fourth-order valence-electron chi connectivity index (χ4n) is 4.04. The predicted octanol–water partition coefficient (Wildman–Crippen LogP) is 3.61. The van der Waals surface area contributed by atoms with Crippen molar-refractivity contribution >= 4 is 21.6 Å². The zero-order chi connectivity index (χ0) is 19.3. The van der Waals surface area contributed by atoms with Gasteiger partial charge in [0.1, 0.15) is 4.83 Å². The van der Waals surface area contributed by atoms with Gasteiger partial charge < -0.3 is 4.90 Å². The zero-order valence-corrected chi connectivity index (χ0v) is 17.1. The van der Waals surface area contributed by atoms with Gasteiger partial charge >= 0.3 is 5.69 Å². The lowest BCUT2D eigenvalue weighted by Gasteiger charge is -2.29. The standard InChI is InChI=1S/C21H25N3O2S/c1-12-5-6-15(11-13(12)2)17-14(3)27-19-18(17)20(25)24(21(26)22-19)16-7-9-23(4)10-8-16/h5-6,11,16H,7-10H2,1-4H3,(H,22,26). The normalized spacial score (nSPS) is 16.3. The summed E-state index contributed by atoms with van der Waals surface area (Å²) in [5, 5.41) is 0.652. The first-order chi connectivity index (χ1) is 12.9. The molecular weight excluding hydrogens is 358 g/mol. The van der Waals surface area contributed by atoms with Crippen LogP contribution in [0.4, 0.5) is 0 Å². The number of hydrogen-bond donors (Lipinski definition) is 1. The Kier molecular flexibility index (Phi) is 4.56. The minimum Gasteiger partial charge on any atom is -0.306 e. The van der Waals surface area contributed by atoms with Crippen molar-refractivity contribution in [3.63, 3.8) is 0 Å². The lowest BCUT2D eigenvalue weighted by molar-refractivity contribution is 0.216. The van der Waals surface area contributed by atoms with Gasteiger partial charge in [0.25, 0.3) is 5.56 Å². The third-order valence-corrected chi connectivity index (χ3v) is 6.83. The maximum Gasteiger partial charge on any atom is 0.329 e. The van der Waals surface area contributed by atoms with Crippen molar-refractivity contribution in [1.82, 2.24) is 14.5 Å². The number of aryl methyl sites for hydroxylation is 3. The second kappa shape index (κ2) is 6.77. The van der Waals surface area contributed by atoms with Crippen LogP contribution in [0.5, 0.6) is 0 Å². The molecule has 1 fully saturated rings. The third kappa shape index (κ3) is 3.07. The van der Waals surface area contributed by atoms with Crippen LogP contribution in [0, 0.1) is 20.8 Å². The highest BCUT2D eigenvalue weighted by atomic mass is 32.1. The Bertz CT molecular complexity index is 1130. The number of H-pyrrole nitrogens is 1. The van der Waals surface area contributed by atoms with Crippen LogP contribution in [0.15, 0.2) is 27.8 Å². The fraction of sp³-hybridized carbons (Fsp3) is 0.429. The van der Waals surface area contributed by atoms with E-state index in [9.17, 15) is 9.59 Å². The molecule has 4 rings (SSSR count). The molecule has 0 amide bonds. The summed E-state index contributed by atoms with van der Waals surface area (Å²) >= 11 is 1.49. The largest absolute Gasteiger partial charge is 0.329 e. The monoisotopic (exact) mass is 383 g/mol. The molecule has 2 aromatic heterocycles. The molecule has 27 heavy (non-hydrogen) atoms. The molecule has 6 heteroatoms. The first-order valence-electron chi connectivity index (χ1n) is 9.41. The van der Waals surface area contributed by atoms with E-state index in [4.69, 9.17) is 0 Å². The SMILES string of the molecule is Cc1ccc(-c2c(C)sc3[nH]c(=O)n(C4CCN(C)CC4)c(=O)c23)cc1C. The van der Waals surface area contributed by atoms with Crippen LogP contribution >= 0.6 is 11.3 Å². The van der Waals surface area contributed by atoms with Crippen molar-refractivity contribution < 1.29 is 0 Å². The molecule has 1 aromatic carbocycles. The van der Waals surface area contributed by atoms with E-state index in [1.54, 1.807) is 0 Å².